The molecule has 2 atom stereocenters. The fraction of sp³-hybridized carbons (Fsp3) is 0.286. The third kappa shape index (κ3) is 4.33. The first-order valence-electron chi connectivity index (χ1n) is 8.81. The molecule has 27 heavy (non-hydrogen) atoms. The molecule has 3 aromatic rings. The van der Waals surface area contributed by atoms with Crippen molar-refractivity contribution in [2.24, 2.45) is 11.7 Å². The molecular weight excluding hydrogens is 366 g/mol. The number of rotatable bonds is 6. The maximum Gasteiger partial charge on any atom is 0.193 e. The topological polar surface area (TPSA) is 85.7 Å². The van der Waals surface area contributed by atoms with E-state index in [4.69, 9.17) is 14.9 Å². The molecular formula is C21H22ClNO4. The molecule has 2 aromatic carbocycles. The highest BCUT2D eigenvalue weighted by Gasteiger charge is 2.33. The number of aliphatic hydroxyl groups is 1. The van der Waals surface area contributed by atoms with Crippen LogP contribution >= 0.6 is 12.4 Å². The van der Waals surface area contributed by atoms with E-state index in [2.05, 4.69) is 0 Å². The average Bonchev–Trinajstić information content (AvgIpc) is 3.51. The maximum absolute atomic E-state index is 12.4. The van der Waals surface area contributed by atoms with Gasteiger partial charge in [0.2, 0.25) is 0 Å². The third-order valence-corrected chi connectivity index (χ3v) is 4.79. The van der Waals surface area contributed by atoms with Crippen LogP contribution in [0.4, 0.5) is 0 Å². The van der Waals surface area contributed by atoms with Crippen LogP contribution in [0.2, 0.25) is 0 Å². The lowest BCUT2D eigenvalue weighted by Crippen LogP contribution is -2.40. The summed E-state index contributed by atoms with van der Waals surface area (Å²) in [4.78, 5) is 12.4. The average molecular weight is 388 g/mol. The smallest absolute Gasteiger partial charge is 0.193 e. The van der Waals surface area contributed by atoms with Crippen LogP contribution < -0.4 is 15.9 Å². The minimum Gasteiger partial charge on any atom is -0.491 e. The molecule has 0 saturated heterocycles. The number of benzene rings is 2. The predicted molar refractivity (Wildman–Crippen MR) is 107 cm³/mol. The molecule has 4 rings (SSSR count). The van der Waals surface area contributed by atoms with Crippen molar-refractivity contribution in [2.45, 2.75) is 25.0 Å². The molecule has 142 valence electrons. The van der Waals surface area contributed by atoms with Gasteiger partial charge in [0.1, 0.15) is 29.8 Å². The summed E-state index contributed by atoms with van der Waals surface area (Å²) < 4.78 is 11.6. The Kier molecular flexibility index (Phi) is 5.85. The van der Waals surface area contributed by atoms with E-state index in [0.29, 0.717) is 28.4 Å². The van der Waals surface area contributed by atoms with Gasteiger partial charge in [0.25, 0.3) is 0 Å². The lowest BCUT2D eigenvalue weighted by molar-refractivity contribution is 0.0788. The maximum atomic E-state index is 12.4. The molecule has 0 aliphatic heterocycles. The SMILES string of the molecule is Cl.NC(C(O)COc1ccc2c(=O)cc(-c3ccccc3)oc2c1)C1CC1. The first kappa shape index (κ1) is 19.4. The van der Waals surface area contributed by atoms with Crippen LogP contribution in [0.25, 0.3) is 22.3 Å². The van der Waals surface area contributed by atoms with Gasteiger partial charge >= 0.3 is 0 Å². The standard InChI is InChI=1S/C21H21NO4.ClH/c22-21(14-6-7-14)18(24)12-25-15-8-9-16-17(23)11-19(26-20(16)10-15)13-4-2-1-3-5-13;/h1-5,8-11,14,18,21,24H,6-7,12,22H2;1H. The fourth-order valence-corrected chi connectivity index (χ4v) is 3.06. The number of halogens is 1. The molecule has 0 spiro atoms. The first-order valence-corrected chi connectivity index (χ1v) is 8.81. The Morgan fingerprint density at radius 2 is 1.89 bits per heavy atom. The molecule has 1 aliphatic rings. The van der Waals surface area contributed by atoms with Gasteiger partial charge in [0, 0.05) is 23.7 Å². The Hall–Kier alpha value is -2.34. The molecule has 0 radical (unpaired) electrons. The highest BCUT2D eigenvalue weighted by molar-refractivity contribution is 5.85. The lowest BCUT2D eigenvalue weighted by Gasteiger charge is -2.18. The number of hydrogen-bond acceptors (Lipinski definition) is 5. The van der Waals surface area contributed by atoms with E-state index >= 15 is 0 Å². The van der Waals surface area contributed by atoms with Crippen molar-refractivity contribution in [1.82, 2.24) is 0 Å². The van der Waals surface area contributed by atoms with Gasteiger partial charge in [-0.25, -0.2) is 0 Å². The van der Waals surface area contributed by atoms with Crippen LogP contribution in [0.1, 0.15) is 12.8 Å². The van der Waals surface area contributed by atoms with Gasteiger partial charge in [-0.05, 0) is 30.9 Å². The van der Waals surface area contributed by atoms with Crippen LogP contribution in [0.5, 0.6) is 5.75 Å². The molecule has 1 saturated carbocycles. The molecule has 1 heterocycles. The summed E-state index contributed by atoms with van der Waals surface area (Å²) in [5.74, 6) is 1.45. The summed E-state index contributed by atoms with van der Waals surface area (Å²) >= 11 is 0. The monoisotopic (exact) mass is 387 g/mol. The third-order valence-electron chi connectivity index (χ3n) is 4.79. The Morgan fingerprint density at radius 1 is 1.15 bits per heavy atom. The number of fused-ring (bicyclic) bond motifs is 1. The van der Waals surface area contributed by atoms with Gasteiger partial charge in [0.15, 0.2) is 5.43 Å². The van der Waals surface area contributed by atoms with Gasteiger partial charge in [0.05, 0.1) is 5.39 Å². The van der Waals surface area contributed by atoms with Gasteiger partial charge in [-0.2, -0.15) is 0 Å². The minimum absolute atomic E-state index is 0. The summed E-state index contributed by atoms with van der Waals surface area (Å²) in [6, 6.07) is 15.8. The van der Waals surface area contributed by atoms with E-state index in [1.165, 1.54) is 6.07 Å². The van der Waals surface area contributed by atoms with Gasteiger partial charge in [-0.15, -0.1) is 12.4 Å². The van der Waals surface area contributed by atoms with Crippen LogP contribution in [-0.4, -0.2) is 23.9 Å². The van der Waals surface area contributed by atoms with Crippen molar-refractivity contribution in [2.75, 3.05) is 6.61 Å². The molecule has 2 unspecified atom stereocenters. The Balaban J connectivity index is 0.00000210. The number of aliphatic hydroxyl groups excluding tert-OH is 1. The molecule has 0 amide bonds. The van der Waals surface area contributed by atoms with Crippen molar-refractivity contribution in [3.05, 3.63) is 64.8 Å². The van der Waals surface area contributed by atoms with E-state index < -0.39 is 6.10 Å². The molecule has 6 heteroatoms. The zero-order chi connectivity index (χ0) is 18.1. The van der Waals surface area contributed by atoms with Gasteiger partial charge in [-0.1, -0.05) is 30.3 Å². The second-order valence-corrected chi connectivity index (χ2v) is 6.79. The lowest BCUT2D eigenvalue weighted by atomic mass is 10.1. The number of nitrogens with two attached hydrogens (primary N) is 1. The van der Waals surface area contributed by atoms with Gasteiger partial charge < -0.3 is 20.0 Å². The van der Waals surface area contributed by atoms with Crippen LogP contribution in [0.15, 0.2) is 63.8 Å². The summed E-state index contributed by atoms with van der Waals surface area (Å²) in [5.41, 5.74) is 7.18. The summed E-state index contributed by atoms with van der Waals surface area (Å²) in [5, 5.41) is 10.6. The second-order valence-electron chi connectivity index (χ2n) is 6.79. The van der Waals surface area contributed by atoms with E-state index in [-0.39, 0.29) is 30.5 Å². The Labute approximate surface area is 163 Å². The normalized spacial score (nSPS) is 15.8. The zero-order valence-electron chi connectivity index (χ0n) is 14.7. The fourth-order valence-electron chi connectivity index (χ4n) is 3.06. The van der Waals surface area contributed by atoms with Crippen molar-refractivity contribution >= 4 is 23.4 Å². The second kappa shape index (κ2) is 8.13. The van der Waals surface area contributed by atoms with E-state index in [1.807, 2.05) is 30.3 Å². The van der Waals surface area contributed by atoms with E-state index in [9.17, 15) is 9.90 Å². The molecule has 5 nitrogen and oxygen atoms in total. The zero-order valence-corrected chi connectivity index (χ0v) is 15.5. The van der Waals surface area contributed by atoms with E-state index in [1.54, 1.807) is 18.2 Å². The Bertz CT molecular complexity index is 969. The number of ether oxygens (including phenoxy) is 1. The summed E-state index contributed by atoms with van der Waals surface area (Å²) in [6.07, 6.45) is 1.43. The minimum atomic E-state index is -0.708. The molecule has 3 N–H and O–H groups in total. The summed E-state index contributed by atoms with van der Waals surface area (Å²) in [6.45, 7) is 0.117. The predicted octanol–water partition coefficient (Wildman–Crippen LogP) is 3.36. The highest BCUT2D eigenvalue weighted by Crippen LogP contribution is 2.33. The summed E-state index contributed by atoms with van der Waals surface area (Å²) in [7, 11) is 0. The van der Waals surface area contributed by atoms with E-state index in [0.717, 1.165) is 18.4 Å². The van der Waals surface area contributed by atoms with Crippen molar-refractivity contribution < 1.29 is 14.3 Å². The van der Waals surface area contributed by atoms with Crippen LogP contribution in [-0.2, 0) is 0 Å². The first-order chi connectivity index (χ1) is 12.6. The molecule has 0 bridgehead atoms. The Morgan fingerprint density at radius 3 is 2.59 bits per heavy atom. The molecule has 1 fully saturated rings. The highest BCUT2D eigenvalue weighted by atomic mass is 35.5. The largest absolute Gasteiger partial charge is 0.491 e. The van der Waals surface area contributed by atoms with Crippen molar-refractivity contribution in [1.29, 1.82) is 0 Å². The van der Waals surface area contributed by atoms with Crippen molar-refractivity contribution in [3.8, 4) is 17.1 Å². The van der Waals surface area contributed by atoms with Crippen LogP contribution in [0, 0.1) is 5.92 Å². The van der Waals surface area contributed by atoms with Crippen molar-refractivity contribution in [3.63, 3.8) is 0 Å². The van der Waals surface area contributed by atoms with Crippen LogP contribution in [0.3, 0.4) is 0 Å². The van der Waals surface area contributed by atoms with Gasteiger partial charge in [-0.3, -0.25) is 4.79 Å². The molecule has 1 aromatic heterocycles. The number of hydrogen-bond donors (Lipinski definition) is 2. The molecule has 1 aliphatic carbocycles. The quantitative estimate of drug-likeness (QED) is 0.677.